The normalized spacial score (nSPS) is 10.2. The molecule has 2 N–H and O–H groups in total. The zero-order chi connectivity index (χ0) is 19.8. The third-order valence-corrected chi connectivity index (χ3v) is 4.23. The van der Waals surface area contributed by atoms with Crippen molar-refractivity contribution in [2.75, 3.05) is 12.4 Å². The highest BCUT2D eigenvalue weighted by Crippen LogP contribution is 2.12. The number of anilines is 1. The molecule has 0 heterocycles. The molecule has 3 rings (SSSR count). The highest BCUT2D eigenvalue weighted by atomic mass is 16.5. The van der Waals surface area contributed by atoms with Crippen LogP contribution in [-0.4, -0.2) is 18.9 Å². The molecule has 5 heteroatoms. The number of benzene rings is 3. The van der Waals surface area contributed by atoms with E-state index in [4.69, 9.17) is 4.74 Å². The minimum atomic E-state index is -0.183. The predicted octanol–water partition coefficient (Wildman–Crippen LogP) is 3.81. The molecule has 2 amide bonds. The first-order valence-electron chi connectivity index (χ1n) is 8.99. The molecule has 142 valence electrons. The number of hydrogen-bond donors (Lipinski definition) is 2. The molecule has 0 atom stereocenters. The van der Waals surface area contributed by atoms with Gasteiger partial charge in [-0.1, -0.05) is 42.5 Å². The number of methoxy groups -OCH3 is 1. The summed E-state index contributed by atoms with van der Waals surface area (Å²) in [5, 5.41) is 5.75. The van der Waals surface area contributed by atoms with Gasteiger partial charge in [-0.25, -0.2) is 0 Å². The summed E-state index contributed by atoms with van der Waals surface area (Å²) in [6, 6.07) is 23.9. The van der Waals surface area contributed by atoms with Crippen molar-refractivity contribution < 1.29 is 14.3 Å². The van der Waals surface area contributed by atoms with E-state index in [-0.39, 0.29) is 18.2 Å². The Kier molecular flexibility index (Phi) is 6.41. The fourth-order valence-corrected chi connectivity index (χ4v) is 2.74. The number of para-hydroxylation sites is 1. The second kappa shape index (κ2) is 9.37. The largest absolute Gasteiger partial charge is 0.497 e. The standard InChI is InChI=1S/C23H22N2O3/c1-28-21-12-10-17(11-13-21)15-22(26)24-16-18-6-5-7-19(14-18)23(27)25-20-8-3-2-4-9-20/h2-14H,15-16H2,1H3,(H,24,26)(H,25,27). The second-order valence-electron chi connectivity index (χ2n) is 6.32. The van der Waals surface area contributed by atoms with E-state index >= 15 is 0 Å². The summed E-state index contributed by atoms with van der Waals surface area (Å²) in [6.45, 7) is 0.363. The Bertz CT molecular complexity index is 938. The monoisotopic (exact) mass is 374 g/mol. The lowest BCUT2D eigenvalue weighted by Crippen LogP contribution is -2.24. The number of carbonyl (C=O) groups excluding carboxylic acids is 2. The van der Waals surface area contributed by atoms with Gasteiger partial charge in [-0.3, -0.25) is 9.59 Å². The summed E-state index contributed by atoms with van der Waals surface area (Å²) in [5.74, 6) is 0.497. The lowest BCUT2D eigenvalue weighted by Gasteiger charge is -2.09. The van der Waals surface area contributed by atoms with Gasteiger partial charge in [0.2, 0.25) is 5.91 Å². The van der Waals surface area contributed by atoms with Crippen molar-refractivity contribution in [2.45, 2.75) is 13.0 Å². The zero-order valence-electron chi connectivity index (χ0n) is 15.6. The molecule has 0 aromatic heterocycles. The average molecular weight is 374 g/mol. The van der Waals surface area contributed by atoms with Crippen LogP contribution in [0, 0.1) is 0 Å². The number of hydrogen-bond acceptors (Lipinski definition) is 3. The Hall–Kier alpha value is -3.60. The second-order valence-corrected chi connectivity index (χ2v) is 6.32. The topological polar surface area (TPSA) is 67.4 Å². The third kappa shape index (κ3) is 5.45. The third-order valence-electron chi connectivity index (χ3n) is 4.23. The molecule has 3 aromatic carbocycles. The van der Waals surface area contributed by atoms with Crippen molar-refractivity contribution in [3.63, 3.8) is 0 Å². The summed E-state index contributed by atoms with van der Waals surface area (Å²) in [4.78, 5) is 24.6. The van der Waals surface area contributed by atoms with Crippen LogP contribution in [0.1, 0.15) is 21.5 Å². The molecule has 0 unspecified atom stereocenters. The van der Waals surface area contributed by atoms with Crippen LogP contribution in [0.2, 0.25) is 0 Å². The van der Waals surface area contributed by atoms with Crippen molar-refractivity contribution in [3.8, 4) is 5.75 Å². The van der Waals surface area contributed by atoms with Crippen molar-refractivity contribution in [1.29, 1.82) is 0 Å². The van der Waals surface area contributed by atoms with Gasteiger partial charge in [0.05, 0.1) is 13.5 Å². The van der Waals surface area contributed by atoms with Crippen LogP contribution >= 0.6 is 0 Å². The number of rotatable bonds is 7. The molecule has 0 spiro atoms. The first kappa shape index (κ1) is 19.2. The Morgan fingerprint density at radius 2 is 1.61 bits per heavy atom. The maximum absolute atomic E-state index is 12.4. The predicted molar refractivity (Wildman–Crippen MR) is 109 cm³/mol. The first-order chi connectivity index (χ1) is 13.6. The van der Waals surface area contributed by atoms with Crippen LogP contribution in [-0.2, 0) is 17.8 Å². The molecule has 0 aliphatic heterocycles. The van der Waals surface area contributed by atoms with Gasteiger partial charge >= 0.3 is 0 Å². The van der Waals surface area contributed by atoms with Gasteiger partial charge in [0.15, 0.2) is 0 Å². The molecule has 0 fully saturated rings. The van der Waals surface area contributed by atoms with E-state index in [9.17, 15) is 9.59 Å². The van der Waals surface area contributed by atoms with Crippen molar-refractivity contribution in [3.05, 3.63) is 95.6 Å². The van der Waals surface area contributed by atoms with E-state index in [0.717, 1.165) is 22.6 Å². The molecule has 5 nitrogen and oxygen atoms in total. The minimum absolute atomic E-state index is 0.0793. The fourth-order valence-electron chi connectivity index (χ4n) is 2.74. The highest BCUT2D eigenvalue weighted by Gasteiger charge is 2.08. The quantitative estimate of drug-likeness (QED) is 0.661. The van der Waals surface area contributed by atoms with Crippen molar-refractivity contribution in [1.82, 2.24) is 5.32 Å². The summed E-state index contributed by atoms with van der Waals surface area (Å²) in [5.41, 5.74) is 3.06. The smallest absolute Gasteiger partial charge is 0.255 e. The van der Waals surface area contributed by atoms with Gasteiger partial charge in [-0.2, -0.15) is 0 Å². The lowest BCUT2D eigenvalue weighted by molar-refractivity contribution is -0.120. The molecule has 3 aromatic rings. The molecule has 0 radical (unpaired) electrons. The number of nitrogens with one attached hydrogen (secondary N) is 2. The first-order valence-corrected chi connectivity index (χ1v) is 8.99. The van der Waals surface area contributed by atoms with E-state index < -0.39 is 0 Å². The van der Waals surface area contributed by atoms with Gasteiger partial charge in [-0.05, 0) is 47.5 Å². The molecule has 0 bridgehead atoms. The highest BCUT2D eigenvalue weighted by molar-refractivity contribution is 6.04. The Morgan fingerprint density at radius 1 is 0.857 bits per heavy atom. The fraction of sp³-hybridized carbons (Fsp3) is 0.130. The van der Waals surface area contributed by atoms with Gasteiger partial charge in [0, 0.05) is 17.8 Å². The molecular weight excluding hydrogens is 352 g/mol. The number of ether oxygens (including phenoxy) is 1. The molecule has 0 aliphatic rings. The summed E-state index contributed by atoms with van der Waals surface area (Å²) >= 11 is 0. The molecule has 0 saturated carbocycles. The van der Waals surface area contributed by atoms with Crippen LogP contribution < -0.4 is 15.4 Å². The maximum atomic E-state index is 12.4. The van der Waals surface area contributed by atoms with E-state index in [2.05, 4.69) is 10.6 Å². The maximum Gasteiger partial charge on any atom is 0.255 e. The van der Waals surface area contributed by atoms with Crippen LogP contribution in [0.25, 0.3) is 0 Å². The van der Waals surface area contributed by atoms with Crippen LogP contribution in [0.15, 0.2) is 78.9 Å². The van der Waals surface area contributed by atoms with Crippen molar-refractivity contribution >= 4 is 17.5 Å². The minimum Gasteiger partial charge on any atom is -0.497 e. The van der Waals surface area contributed by atoms with Crippen LogP contribution in [0.3, 0.4) is 0 Å². The summed E-state index contributed by atoms with van der Waals surface area (Å²) < 4.78 is 5.11. The zero-order valence-corrected chi connectivity index (χ0v) is 15.6. The van der Waals surface area contributed by atoms with Crippen molar-refractivity contribution in [2.24, 2.45) is 0 Å². The van der Waals surface area contributed by atoms with Gasteiger partial charge in [-0.15, -0.1) is 0 Å². The molecule has 0 saturated heterocycles. The van der Waals surface area contributed by atoms with E-state index in [1.165, 1.54) is 0 Å². The van der Waals surface area contributed by atoms with Gasteiger partial charge < -0.3 is 15.4 Å². The van der Waals surface area contributed by atoms with Gasteiger partial charge in [0.25, 0.3) is 5.91 Å². The number of amides is 2. The van der Waals surface area contributed by atoms with Gasteiger partial charge in [0.1, 0.15) is 5.75 Å². The molecule has 28 heavy (non-hydrogen) atoms. The lowest BCUT2D eigenvalue weighted by atomic mass is 10.1. The number of carbonyl (C=O) groups is 2. The van der Waals surface area contributed by atoms with E-state index in [1.54, 1.807) is 19.2 Å². The van der Waals surface area contributed by atoms with E-state index in [1.807, 2.05) is 66.7 Å². The van der Waals surface area contributed by atoms with E-state index in [0.29, 0.717) is 12.1 Å². The summed E-state index contributed by atoms with van der Waals surface area (Å²) in [7, 11) is 1.61. The average Bonchev–Trinajstić information content (AvgIpc) is 2.74. The Morgan fingerprint density at radius 3 is 2.32 bits per heavy atom. The van der Waals surface area contributed by atoms with Crippen LogP contribution in [0.4, 0.5) is 5.69 Å². The van der Waals surface area contributed by atoms with Crippen LogP contribution in [0.5, 0.6) is 5.75 Å². The summed E-state index contributed by atoms with van der Waals surface area (Å²) in [6.07, 6.45) is 0.290. The molecule has 0 aliphatic carbocycles. The Balaban J connectivity index is 1.55. The molecular formula is C23H22N2O3. The Labute approximate surface area is 164 Å². The SMILES string of the molecule is COc1ccc(CC(=O)NCc2cccc(C(=O)Nc3ccccc3)c2)cc1.